The third-order valence-electron chi connectivity index (χ3n) is 2.74. The predicted octanol–water partition coefficient (Wildman–Crippen LogP) is 2.31. The first-order valence-electron chi connectivity index (χ1n) is 5.39. The van der Waals surface area contributed by atoms with Crippen LogP contribution in [0.15, 0.2) is 0 Å². The molecule has 0 amide bonds. The van der Waals surface area contributed by atoms with Gasteiger partial charge in [-0.15, -0.1) is 0 Å². The van der Waals surface area contributed by atoms with Gasteiger partial charge < -0.3 is 5.32 Å². The van der Waals surface area contributed by atoms with E-state index in [1.165, 1.54) is 25.7 Å². The summed E-state index contributed by atoms with van der Waals surface area (Å²) in [5.41, 5.74) is 0. The van der Waals surface area contributed by atoms with Crippen molar-refractivity contribution in [2.75, 3.05) is 6.54 Å². The van der Waals surface area contributed by atoms with Crippen LogP contribution in [0.5, 0.6) is 0 Å². The third kappa shape index (κ3) is 4.28. The fraction of sp³-hybridized carbons (Fsp3) is 0.909. The minimum Gasteiger partial charge on any atom is -0.313 e. The van der Waals surface area contributed by atoms with Gasteiger partial charge in [-0.05, 0) is 25.7 Å². The second kappa shape index (κ2) is 5.24. The van der Waals surface area contributed by atoms with Crippen molar-refractivity contribution in [3.05, 3.63) is 0 Å². The first kappa shape index (κ1) is 10.5. The molecule has 1 aliphatic rings. The van der Waals surface area contributed by atoms with Crippen molar-refractivity contribution in [1.82, 2.24) is 5.32 Å². The molecule has 1 aliphatic carbocycles. The standard InChI is InChI=1S/C11H20N2/c1-3-11(6-10-4-5-10)13-8-9(2)7-12/h9-11,13H,3-6,8H2,1-2H3. The minimum absolute atomic E-state index is 0.147. The second-order valence-corrected chi connectivity index (χ2v) is 4.22. The van der Waals surface area contributed by atoms with Crippen LogP contribution in [0.1, 0.15) is 39.5 Å². The largest absolute Gasteiger partial charge is 0.313 e. The van der Waals surface area contributed by atoms with Gasteiger partial charge in [0.25, 0.3) is 0 Å². The third-order valence-corrected chi connectivity index (χ3v) is 2.74. The van der Waals surface area contributed by atoms with Crippen molar-refractivity contribution in [1.29, 1.82) is 5.26 Å². The summed E-state index contributed by atoms with van der Waals surface area (Å²) >= 11 is 0. The molecule has 1 rings (SSSR count). The Morgan fingerprint density at radius 3 is 2.69 bits per heavy atom. The molecule has 1 fully saturated rings. The first-order chi connectivity index (χ1) is 6.26. The molecule has 13 heavy (non-hydrogen) atoms. The van der Waals surface area contributed by atoms with Gasteiger partial charge in [0.15, 0.2) is 0 Å². The van der Waals surface area contributed by atoms with Crippen LogP contribution in [0.4, 0.5) is 0 Å². The van der Waals surface area contributed by atoms with E-state index in [-0.39, 0.29) is 5.92 Å². The van der Waals surface area contributed by atoms with E-state index in [9.17, 15) is 0 Å². The average Bonchev–Trinajstić information content (AvgIpc) is 2.95. The van der Waals surface area contributed by atoms with Crippen LogP contribution in [0, 0.1) is 23.2 Å². The lowest BCUT2D eigenvalue weighted by molar-refractivity contribution is 0.429. The van der Waals surface area contributed by atoms with E-state index in [1.54, 1.807) is 0 Å². The number of rotatable bonds is 6. The Labute approximate surface area is 81.3 Å². The molecule has 0 bridgehead atoms. The zero-order valence-corrected chi connectivity index (χ0v) is 8.71. The van der Waals surface area contributed by atoms with E-state index in [2.05, 4.69) is 18.3 Å². The summed E-state index contributed by atoms with van der Waals surface area (Å²) in [5.74, 6) is 1.13. The van der Waals surface area contributed by atoms with Gasteiger partial charge in [-0.3, -0.25) is 0 Å². The summed E-state index contributed by atoms with van der Waals surface area (Å²) in [7, 11) is 0. The molecule has 0 aromatic carbocycles. The van der Waals surface area contributed by atoms with Gasteiger partial charge >= 0.3 is 0 Å². The SMILES string of the molecule is CCC(CC1CC1)NCC(C)C#N. The molecule has 1 N–H and O–H groups in total. The van der Waals surface area contributed by atoms with Crippen molar-refractivity contribution in [3.63, 3.8) is 0 Å². The Morgan fingerprint density at radius 2 is 2.23 bits per heavy atom. The van der Waals surface area contributed by atoms with Gasteiger partial charge in [0.05, 0.1) is 12.0 Å². The van der Waals surface area contributed by atoms with E-state index in [0.717, 1.165) is 12.5 Å². The first-order valence-corrected chi connectivity index (χ1v) is 5.39. The molecule has 2 unspecified atom stereocenters. The Hall–Kier alpha value is -0.550. The summed E-state index contributed by atoms with van der Waals surface area (Å²) in [5, 5.41) is 12.1. The highest BCUT2D eigenvalue weighted by Crippen LogP contribution is 2.33. The molecule has 74 valence electrons. The van der Waals surface area contributed by atoms with Crippen LogP contribution in [-0.2, 0) is 0 Å². The number of hydrogen-bond acceptors (Lipinski definition) is 2. The van der Waals surface area contributed by atoms with E-state index < -0.39 is 0 Å². The maximum atomic E-state index is 8.62. The maximum Gasteiger partial charge on any atom is 0.0666 e. The van der Waals surface area contributed by atoms with Gasteiger partial charge in [-0.1, -0.05) is 19.8 Å². The van der Waals surface area contributed by atoms with Crippen LogP contribution < -0.4 is 5.32 Å². The average molecular weight is 180 g/mol. The van der Waals surface area contributed by atoms with Gasteiger partial charge in [-0.2, -0.15) is 5.26 Å². The molecular formula is C11H20N2. The van der Waals surface area contributed by atoms with Crippen LogP contribution in [-0.4, -0.2) is 12.6 Å². The lowest BCUT2D eigenvalue weighted by Crippen LogP contribution is -2.32. The Bertz CT molecular complexity index is 179. The van der Waals surface area contributed by atoms with Crippen molar-refractivity contribution < 1.29 is 0 Å². The highest BCUT2D eigenvalue weighted by atomic mass is 14.9. The molecule has 2 atom stereocenters. The van der Waals surface area contributed by atoms with E-state index in [4.69, 9.17) is 5.26 Å². The summed E-state index contributed by atoms with van der Waals surface area (Å²) in [6, 6.07) is 2.89. The zero-order chi connectivity index (χ0) is 9.68. The van der Waals surface area contributed by atoms with Gasteiger partial charge in [0, 0.05) is 12.6 Å². The smallest absolute Gasteiger partial charge is 0.0666 e. The van der Waals surface area contributed by atoms with Crippen LogP contribution in [0.3, 0.4) is 0 Å². The molecular weight excluding hydrogens is 160 g/mol. The molecule has 2 heteroatoms. The highest BCUT2D eigenvalue weighted by molar-refractivity contribution is 4.84. The second-order valence-electron chi connectivity index (χ2n) is 4.22. The zero-order valence-electron chi connectivity index (χ0n) is 8.71. The topological polar surface area (TPSA) is 35.8 Å². The van der Waals surface area contributed by atoms with Crippen LogP contribution in [0.25, 0.3) is 0 Å². The molecule has 0 aliphatic heterocycles. The lowest BCUT2D eigenvalue weighted by atomic mass is 10.1. The minimum atomic E-state index is 0.147. The summed E-state index contributed by atoms with van der Waals surface area (Å²) in [6.07, 6.45) is 5.35. The Morgan fingerprint density at radius 1 is 1.54 bits per heavy atom. The number of hydrogen-bond donors (Lipinski definition) is 1. The van der Waals surface area contributed by atoms with Crippen molar-refractivity contribution >= 4 is 0 Å². The van der Waals surface area contributed by atoms with Crippen molar-refractivity contribution in [3.8, 4) is 6.07 Å². The molecule has 0 aromatic rings. The molecule has 0 saturated heterocycles. The Balaban J connectivity index is 2.11. The lowest BCUT2D eigenvalue weighted by Gasteiger charge is -2.17. The monoisotopic (exact) mass is 180 g/mol. The fourth-order valence-electron chi connectivity index (χ4n) is 1.54. The van der Waals surface area contributed by atoms with Crippen LogP contribution >= 0.6 is 0 Å². The number of nitrogens with one attached hydrogen (secondary N) is 1. The fourth-order valence-corrected chi connectivity index (χ4v) is 1.54. The van der Waals surface area contributed by atoms with Crippen molar-refractivity contribution in [2.24, 2.45) is 11.8 Å². The summed E-state index contributed by atoms with van der Waals surface area (Å²) in [6.45, 7) is 5.04. The number of nitrogens with zero attached hydrogens (tertiary/aromatic N) is 1. The highest BCUT2D eigenvalue weighted by Gasteiger charge is 2.24. The Kier molecular flexibility index (Phi) is 4.24. The van der Waals surface area contributed by atoms with Gasteiger partial charge in [0.1, 0.15) is 0 Å². The molecule has 0 radical (unpaired) electrons. The van der Waals surface area contributed by atoms with Crippen LogP contribution in [0.2, 0.25) is 0 Å². The molecule has 0 aromatic heterocycles. The van der Waals surface area contributed by atoms with E-state index in [1.807, 2.05) is 6.92 Å². The number of nitriles is 1. The maximum absolute atomic E-state index is 8.62. The summed E-state index contributed by atoms with van der Waals surface area (Å²) in [4.78, 5) is 0. The molecule has 0 spiro atoms. The van der Waals surface area contributed by atoms with Gasteiger partial charge in [-0.25, -0.2) is 0 Å². The normalized spacial score (nSPS) is 20.7. The van der Waals surface area contributed by atoms with Crippen molar-refractivity contribution in [2.45, 2.75) is 45.6 Å². The van der Waals surface area contributed by atoms with Gasteiger partial charge in [0.2, 0.25) is 0 Å². The molecule has 2 nitrogen and oxygen atoms in total. The quantitative estimate of drug-likeness (QED) is 0.681. The molecule has 1 saturated carbocycles. The summed E-state index contributed by atoms with van der Waals surface area (Å²) < 4.78 is 0. The van der Waals surface area contributed by atoms with E-state index in [0.29, 0.717) is 6.04 Å². The van der Waals surface area contributed by atoms with E-state index >= 15 is 0 Å². The predicted molar refractivity (Wildman–Crippen MR) is 54.2 cm³/mol. The molecule has 0 heterocycles.